The predicted octanol–water partition coefficient (Wildman–Crippen LogP) is 5.19. The molecule has 4 rings (SSSR count). The van der Waals surface area contributed by atoms with Crippen LogP contribution >= 0.6 is 23.4 Å². The fourth-order valence-corrected chi connectivity index (χ4v) is 4.07. The highest BCUT2D eigenvalue weighted by Crippen LogP contribution is 2.30. The summed E-state index contributed by atoms with van der Waals surface area (Å²) in [5.41, 5.74) is 2.44. The zero-order valence-electron chi connectivity index (χ0n) is 17.1. The van der Waals surface area contributed by atoms with E-state index in [1.165, 1.54) is 0 Å². The van der Waals surface area contributed by atoms with E-state index in [2.05, 4.69) is 16.4 Å². The van der Waals surface area contributed by atoms with Gasteiger partial charge in [0.1, 0.15) is 12.4 Å². The number of halogens is 1. The van der Waals surface area contributed by atoms with Crippen LogP contribution in [0.15, 0.2) is 82.7 Å². The number of ether oxygens (including phenoxy) is 1. The van der Waals surface area contributed by atoms with Gasteiger partial charge in [0.15, 0.2) is 5.17 Å². The Kier molecular flexibility index (Phi) is 6.89. The molecule has 0 unspecified atom stereocenters. The lowest BCUT2D eigenvalue weighted by Gasteiger charge is -2.10. The van der Waals surface area contributed by atoms with Crippen LogP contribution in [0.3, 0.4) is 0 Å². The van der Waals surface area contributed by atoms with Gasteiger partial charge in [-0.05, 0) is 53.7 Å². The summed E-state index contributed by atoms with van der Waals surface area (Å²) < 4.78 is 5.77. The van der Waals surface area contributed by atoms with Gasteiger partial charge in [-0.15, -0.1) is 0 Å². The molecule has 1 heterocycles. The summed E-state index contributed by atoms with van der Waals surface area (Å²) in [6.45, 7) is 0.206. The van der Waals surface area contributed by atoms with Gasteiger partial charge >= 0.3 is 0 Å². The van der Waals surface area contributed by atoms with E-state index in [-0.39, 0.29) is 17.7 Å². The number of hydrogen-bond acceptors (Lipinski definition) is 5. The third-order valence-corrected chi connectivity index (χ3v) is 5.85. The monoisotopic (exact) mass is 473 g/mol. The molecule has 1 saturated heterocycles. The minimum Gasteiger partial charge on any atom is -0.487 e. The van der Waals surface area contributed by atoms with Crippen LogP contribution in [0.25, 0.3) is 6.08 Å². The highest BCUT2D eigenvalue weighted by molar-refractivity contribution is 8.18. The smallest absolute Gasteiger partial charge is 0.279 e. The van der Waals surface area contributed by atoms with E-state index >= 15 is 0 Å². The van der Waals surface area contributed by atoms with Gasteiger partial charge in [0.05, 0.1) is 21.6 Å². The SMILES string of the molecule is N#Cc1ccccc1COc1ccc(/C=C2\SC(=NC(=O)c3ccccc3)NC2=O)cc1Cl. The molecule has 8 heteroatoms. The second kappa shape index (κ2) is 10.2. The standard InChI is InChI=1S/C25H16ClN3O3S/c26-20-12-16(10-11-21(20)32-15-19-9-5-4-8-18(19)14-27)13-22-24(31)29-25(33-22)28-23(30)17-6-2-1-3-7-17/h1-13H,15H2,(H,28,29,30,31)/b22-13-. The fourth-order valence-electron chi connectivity index (χ4n) is 3.00. The van der Waals surface area contributed by atoms with Crippen molar-refractivity contribution < 1.29 is 14.3 Å². The van der Waals surface area contributed by atoms with Gasteiger partial charge in [0.25, 0.3) is 11.8 Å². The van der Waals surface area contributed by atoms with E-state index in [1.54, 1.807) is 60.7 Å². The Bertz CT molecular complexity index is 1330. The lowest BCUT2D eigenvalue weighted by molar-refractivity contribution is -0.115. The summed E-state index contributed by atoms with van der Waals surface area (Å²) in [5.74, 6) is -0.308. The van der Waals surface area contributed by atoms with Crippen LogP contribution in [0.2, 0.25) is 5.02 Å². The van der Waals surface area contributed by atoms with E-state index in [1.807, 2.05) is 18.2 Å². The van der Waals surface area contributed by atoms with Crippen molar-refractivity contribution in [2.24, 2.45) is 4.99 Å². The molecular formula is C25H16ClN3O3S. The van der Waals surface area contributed by atoms with Gasteiger partial charge in [-0.3, -0.25) is 9.59 Å². The topological polar surface area (TPSA) is 91.5 Å². The van der Waals surface area contributed by atoms with Crippen molar-refractivity contribution in [1.82, 2.24) is 5.32 Å². The molecule has 2 amide bonds. The zero-order chi connectivity index (χ0) is 23.2. The second-order valence-electron chi connectivity index (χ2n) is 6.90. The van der Waals surface area contributed by atoms with Crippen LogP contribution in [0.4, 0.5) is 0 Å². The van der Waals surface area contributed by atoms with Crippen molar-refractivity contribution in [2.45, 2.75) is 6.61 Å². The fraction of sp³-hybridized carbons (Fsp3) is 0.0400. The zero-order valence-corrected chi connectivity index (χ0v) is 18.7. The Morgan fingerprint density at radius 2 is 1.88 bits per heavy atom. The number of nitriles is 1. The number of benzene rings is 3. The molecule has 1 aliphatic heterocycles. The van der Waals surface area contributed by atoms with E-state index in [4.69, 9.17) is 16.3 Å². The number of aliphatic imine (C=N–C) groups is 1. The summed E-state index contributed by atoms with van der Waals surface area (Å²) in [4.78, 5) is 28.9. The third-order valence-electron chi connectivity index (χ3n) is 4.65. The molecule has 0 radical (unpaired) electrons. The van der Waals surface area contributed by atoms with Crippen LogP contribution in [0.5, 0.6) is 5.75 Å². The first kappa shape index (κ1) is 22.3. The molecule has 1 N–H and O–H groups in total. The molecule has 0 aromatic heterocycles. The number of rotatable bonds is 5. The highest BCUT2D eigenvalue weighted by Gasteiger charge is 2.25. The molecule has 1 fully saturated rings. The van der Waals surface area contributed by atoms with Gasteiger partial charge in [0.2, 0.25) is 0 Å². The Hall–Kier alpha value is -3.86. The van der Waals surface area contributed by atoms with Gasteiger partial charge in [-0.2, -0.15) is 10.3 Å². The molecule has 0 aliphatic carbocycles. The Morgan fingerprint density at radius 3 is 2.64 bits per heavy atom. The highest BCUT2D eigenvalue weighted by atomic mass is 35.5. The molecule has 3 aromatic carbocycles. The van der Waals surface area contributed by atoms with Crippen molar-refractivity contribution in [3.8, 4) is 11.8 Å². The average molecular weight is 474 g/mol. The molecule has 33 heavy (non-hydrogen) atoms. The van der Waals surface area contributed by atoms with Crippen LogP contribution in [0, 0.1) is 11.3 Å². The summed E-state index contributed by atoms with van der Waals surface area (Å²) >= 11 is 7.44. The lowest BCUT2D eigenvalue weighted by Crippen LogP contribution is -2.20. The maximum Gasteiger partial charge on any atom is 0.279 e. The number of carbonyl (C=O) groups is 2. The van der Waals surface area contributed by atoms with Gasteiger partial charge in [-0.25, -0.2) is 0 Å². The molecule has 0 spiro atoms. The molecule has 162 valence electrons. The molecule has 1 aliphatic rings. The number of thioether (sulfide) groups is 1. The molecule has 0 atom stereocenters. The van der Waals surface area contributed by atoms with Crippen LogP contribution in [-0.4, -0.2) is 17.0 Å². The van der Waals surface area contributed by atoms with Crippen LogP contribution in [-0.2, 0) is 11.4 Å². The van der Waals surface area contributed by atoms with Crippen molar-refractivity contribution in [2.75, 3.05) is 0 Å². The van der Waals surface area contributed by atoms with Crippen molar-refractivity contribution in [3.05, 3.63) is 105 Å². The molecule has 6 nitrogen and oxygen atoms in total. The normalized spacial score (nSPS) is 15.3. The number of nitrogens with one attached hydrogen (secondary N) is 1. The summed E-state index contributed by atoms with van der Waals surface area (Å²) in [6.07, 6.45) is 1.66. The first-order chi connectivity index (χ1) is 16.0. The lowest BCUT2D eigenvalue weighted by atomic mass is 10.1. The first-order valence-electron chi connectivity index (χ1n) is 9.83. The van der Waals surface area contributed by atoms with E-state index in [0.29, 0.717) is 32.4 Å². The van der Waals surface area contributed by atoms with Crippen LogP contribution < -0.4 is 10.1 Å². The first-order valence-corrected chi connectivity index (χ1v) is 11.0. The number of nitrogens with zero attached hydrogens (tertiary/aromatic N) is 2. The van der Waals surface area contributed by atoms with Gasteiger partial charge in [-0.1, -0.05) is 54.1 Å². The Labute approximate surface area is 199 Å². The molecule has 3 aromatic rings. The minimum atomic E-state index is -0.429. The Balaban J connectivity index is 1.45. The maximum atomic E-state index is 12.3. The van der Waals surface area contributed by atoms with Gasteiger partial charge < -0.3 is 10.1 Å². The summed E-state index contributed by atoms with van der Waals surface area (Å²) in [6, 6.07) is 23.1. The molecule has 0 bridgehead atoms. The largest absolute Gasteiger partial charge is 0.487 e. The second-order valence-corrected chi connectivity index (χ2v) is 8.34. The number of carbonyl (C=O) groups excluding carboxylic acids is 2. The van der Waals surface area contributed by atoms with E-state index < -0.39 is 5.91 Å². The van der Waals surface area contributed by atoms with E-state index in [0.717, 1.165) is 17.3 Å². The number of amides is 2. The minimum absolute atomic E-state index is 0.206. The van der Waals surface area contributed by atoms with Crippen molar-refractivity contribution in [3.63, 3.8) is 0 Å². The maximum absolute atomic E-state index is 12.3. The Morgan fingerprint density at radius 1 is 1.12 bits per heavy atom. The summed E-state index contributed by atoms with van der Waals surface area (Å²) in [7, 11) is 0. The van der Waals surface area contributed by atoms with Crippen LogP contribution in [0.1, 0.15) is 27.0 Å². The van der Waals surface area contributed by atoms with E-state index in [9.17, 15) is 14.9 Å². The summed E-state index contributed by atoms with van der Waals surface area (Å²) in [5, 5.41) is 12.4. The van der Waals surface area contributed by atoms with Crippen molar-refractivity contribution in [1.29, 1.82) is 5.26 Å². The molecule has 0 saturated carbocycles. The molecular weight excluding hydrogens is 458 g/mol. The number of amidine groups is 1. The number of hydrogen-bond donors (Lipinski definition) is 1. The predicted molar refractivity (Wildman–Crippen MR) is 129 cm³/mol. The van der Waals surface area contributed by atoms with Crippen molar-refractivity contribution >= 4 is 46.4 Å². The quantitative estimate of drug-likeness (QED) is 0.515. The third kappa shape index (κ3) is 5.50. The van der Waals surface area contributed by atoms with Gasteiger partial charge in [0, 0.05) is 11.1 Å². The average Bonchev–Trinajstić information content (AvgIpc) is 3.17.